The SMILES string of the molecule is CN(C)c1ncc(F)cc1NC(=O)c1cc2cc(F)ccc2n1Cc1cccc(F)c1. The topological polar surface area (TPSA) is 50.2 Å². The highest BCUT2D eigenvalue weighted by molar-refractivity contribution is 6.07. The normalized spacial score (nSPS) is 11.0. The number of anilines is 2. The fourth-order valence-corrected chi connectivity index (χ4v) is 3.48. The molecule has 0 aliphatic carbocycles. The number of pyridine rings is 1. The lowest BCUT2D eigenvalue weighted by Crippen LogP contribution is -2.20. The van der Waals surface area contributed by atoms with Crippen molar-refractivity contribution in [3.8, 4) is 0 Å². The van der Waals surface area contributed by atoms with E-state index in [0.717, 1.165) is 6.20 Å². The molecule has 1 amide bonds. The molecule has 1 N–H and O–H groups in total. The number of hydrogen-bond donors (Lipinski definition) is 1. The molecule has 2 aromatic carbocycles. The number of nitrogens with one attached hydrogen (secondary N) is 1. The summed E-state index contributed by atoms with van der Waals surface area (Å²) in [6, 6.07) is 12.9. The average molecular weight is 424 g/mol. The van der Waals surface area contributed by atoms with Crippen LogP contribution in [0.3, 0.4) is 0 Å². The van der Waals surface area contributed by atoms with Gasteiger partial charge >= 0.3 is 0 Å². The van der Waals surface area contributed by atoms with Crippen molar-refractivity contribution >= 4 is 28.3 Å². The summed E-state index contributed by atoms with van der Waals surface area (Å²) < 4.78 is 42.9. The highest BCUT2D eigenvalue weighted by Crippen LogP contribution is 2.26. The van der Waals surface area contributed by atoms with E-state index in [-0.39, 0.29) is 17.9 Å². The van der Waals surface area contributed by atoms with Crippen molar-refractivity contribution in [2.45, 2.75) is 6.54 Å². The minimum Gasteiger partial charge on any atom is -0.361 e. The van der Waals surface area contributed by atoms with Gasteiger partial charge in [-0.3, -0.25) is 4.79 Å². The Hall–Kier alpha value is -3.81. The van der Waals surface area contributed by atoms with Gasteiger partial charge in [-0.1, -0.05) is 12.1 Å². The first-order valence-electron chi connectivity index (χ1n) is 9.49. The molecule has 0 unspecified atom stereocenters. The number of nitrogens with zero attached hydrogens (tertiary/aromatic N) is 3. The van der Waals surface area contributed by atoms with E-state index in [1.807, 2.05) is 0 Å². The van der Waals surface area contributed by atoms with E-state index in [9.17, 15) is 18.0 Å². The standard InChI is InChI=1S/C23H19F3N4O/c1-29(2)22-19(11-18(26)12-27-22)28-23(31)21-10-15-9-17(25)6-7-20(15)30(21)13-14-4-3-5-16(24)8-14/h3-12H,13H2,1-2H3,(H,28,31). The molecule has 0 spiro atoms. The zero-order chi connectivity index (χ0) is 22.1. The first kappa shape index (κ1) is 20.5. The zero-order valence-electron chi connectivity index (χ0n) is 16.9. The van der Waals surface area contributed by atoms with Gasteiger partial charge in [0.05, 0.1) is 11.9 Å². The van der Waals surface area contributed by atoms with Crippen molar-refractivity contribution in [1.29, 1.82) is 0 Å². The Balaban J connectivity index is 1.78. The van der Waals surface area contributed by atoms with E-state index in [0.29, 0.717) is 22.3 Å². The first-order valence-corrected chi connectivity index (χ1v) is 9.49. The van der Waals surface area contributed by atoms with E-state index in [1.165, 1.54) is 30.3 Å². The summed E-state index contributed by atoms with van der Waals surface area (Å²) in [5.74, 6) is -1.57. The largest absolute Gasteiger partial charge is 0.361 e. The number of rotatable bonds is 5. The van der Waals surface area contributed by atoms with Crippen LogP contribution in [0, 0.1) is 17.5 Å². The molecule has 0 radical (unpaired) electrons. The minimum absolute atomic E-state index is 0.192. The Morgan fingerprint density at radius 1 is 1.00 bits per heavy atom. The Morgan fingerprint density at radius 3 is 2.52 bits per heavy atom. The minimum atomic E-state index is -0.594. The van der Waals surface area contributed by atoms with Gasteiger partial charge in [0, 0.05) is 37.6 Å². The molecule has 5 nitrogen and oxygen atoms in total. The highest BCUT2D eigenvalue weighted by Gasteiger charge is 2.19. The van der Waals surface area contributed by atoms with Gasteiger partial charge in [0.15, 0.2) is 5.82 Å². The lowest BCUT2D eigenvalue weighted by molar-refractivity contribution is 0.101. The second-order valence-corrected chi connectivity index (χ2v) is 7.32. The molecule has 4 aromatic rings. The molecule has 158 valence electrons. The van der Waals surface area contributed by atoms with Crippen LogP contribution in [0.2, 0.25) is 0 Å². The van der Waals surface area contributed by atoms with Gasteiger partial charge in [0.25, 0.3) is 5.91 Å². The number of amides is 1. The molecule has 4 rings (SSSR count). The Bertz CT molecular complexity index is 1280. The molecular weight excluding hydrogens is 405 g/mol. The third kappa shape index (κ3) is 4.23. The maximum atomic E-state index is 13.8. The van der Waals surface area contributed by atoms with Crippen LogP contribution in [0.5, 0.6) is 0 Å². The Labute approximate surface area is 176 Å². The van der Waals surface area contributed by atoms with E-state index in [2.05, 4.69) is 10.3 Å². The number of benzene rings is 2. The van der Waals surface area contributed by atoms with Crippen LogP contribution in [0.4, 0.5) is 24.7 Å². The van der Waals surface area contributed by atoms with Crippen molar-refractivity contribution in [3.05, 3.63) is 89.5 Å². The van der Waals surface area contributed by atoms with Crippen LogP contribution < -0.4 is 10.2 Å². The van der Waals surface area contributed by atoms with Gasteiger partial charge < -0.3 is 14.8 Å². The van der Waals surface area contributed by atoms with Gasteiger partial charge in [-0.2, -0.15) is 0 Å². The number of fused-ring (bicyclic) bond motifs is 1. The number of hydrogen-bond acceptors (Lipinski definition) is 3. The smallest absolute Gasteiger partial charge is 0.272 e. The van der Waals surface area contributed by atoms with Crippen LogP contribution in [0.1, 0.15) is 16.1 Å². The Kier molecular flexibility index (Phi) is 5.37. The third-order valence-electron chi connectivity index (χ3n) is 4.83. The summed E-state index contributed by atoms with van der Waals surface area (Å²) in [4.78, 5) is 18.8. The monoisotopic (exact) mass is 424 g/mol. The quantitative estimate of drug-likeness (QED) is 0.500. The van der Waals surface area contributed by atoms with Crippen LogP contribution >= 0.6 is 0 Å². The van der Waals surface area contributed by atoms with Crippen molar-refractivity contribution in [2.24, 2.45) is 0 Å². The van der Waals surface area contributed by atoms with E-state index in [4.69, 9.17) is 0 Å². The summed E-state index contributed by atoms with van der Waals surface area (Å²) in [5, 5.41) is 3.21. The lowest BCUT2D eigenvalue weighted by Gasteiger charge is -2.17. The lowest BCUT2D eigenvalue weighted by atomic mass is 10.2. The fraction of sp³-hybridized carbons (Fsp3) is 0.130. The van der Waals surface area contributed by atoms with E-state index >= 15 is 0 Å². The van der Waals surface area contributed by atoms with Gasteiger partial charge in [-0.15, -0.1) is 0 Å². The molecule has 0 fully saturated rings. The molecule has 0 saturated carbocycles. The number of carbonyl (C=O) groups is 1. The molecular formula is C23H19F3N4O. The summed E-state index contributed by atoms with van der Waals surface area (Å²) in [6.45, 7) is 0.192. The van der Waals surface area contributed by atoms with Crippen LogP contribution in [0.25, 0.3) is 10.9 Å². The van der Waals surface area contributed by atoms with Crippen LogP contribution in [0.15, 0.2) is 60.8 Å². The third-order valence-corrected chi connectivity index (χ3v) is 4.83. The molecule has 31 heavy (non-hydrogen) atoms. The molecule has 0 bridgehead atoms. The highest BCUT2D eigenvalue weighted by atomic mass is 19.1. The predicted octanol–water partition coefficient (Wildman–Crippen LogP) is 4.82. The Morgan fingerprint density at radius 2 is 1.77 bits per heavy atom. The molecule has 2 heterocycles. The fourth-order valence-electron chi connectivity index (χ4n) is 3.48. The maximum Gasteiger partial charge on any atom is 0.272 e. The summed E-state index contributed by atoms with van der Waals surface area (Å²) in [5.41, 5.74) is 1.67. The van der Waals surface area contributed by atoms with Gasteiger partial charge in [0.2, 0.25) is 0 Å². The first-order chi connectivity index (χ1) is 14.8. The molecule has 0 atom stereocenters. The van der Waals surface area contributed by atoms with Crippen molar-refractivity contribution in [2.75, 3.05) is 24.3 Å². The number of carbonyl (C=O) groups excluding carboxylic acids is 1. The number of halogens is 3. The second-order valence-electron chi connectivity index (χ2n) is 7.32. The van der Waals surface area contributed by atoms with Crippen molar-refractivity contribution < 1.29 is 18.0 Å². The second kappa shape index (κ2) is 8.14. The average Bonchev–Trinajstić information content (AvgIpc) is 3.05. The van der Waals surface area contributed by atoms with Crippen molar-refractivity contribution in [1.82, 2.24) is 9.55 Å². The zero-order valence-corrected chi connectivity index (χ0v) is 16.9. The molecule has 0 saturated heterocycles. The summed E-state index contributed by atoms with van der Waals surface area (Å²) in [6.07, 6.45) is 1.06. The van der Waals surface area contributed by atoms with Crippen LogP contribution in [-0.4, -0.2) is 29.6 Å². The van der Waals surface area contributed by atoms with Crippen LogP contribution in [-0.2, 0) is 6.54 Å². The van der Waals surface area contributed by atoms with Crippen molar-refractivity contribution in [3.63, 3.8) is 0 Å². The van der Waals surface area contributed by atoms with E-state index < -0.39 is 23.4 Å². The van der Waals surface area contributed by atoms with E-state index in [1.54, 1.807) is 47.8 Å². The molecule has 2 aromatic heterocycles. The molecule has 0 aliphatic rings. The summed E-state index contributed by atoms with van der Waals surface area (Å²) in [7, 11) is 3.44. The molecule has 8 heteroatoms. The maximum absolute atomic E-state index is 13.8. The molecule has 0 aliphatic heterocycles. The number of aromatic nitrogens is 2. The van der Waals surface area contributed by atoms with Gasteiger partial charge in [-0.05, 0) is 42.0 Å². The predicted molar refractivity (Wildman–Crippen MR) is 114 cm³/mol. The summed E-state index contributed by atoms with van der Waals surface area (Å²) >= 11 is 0. The van der Waals surface area contributed by atoms with Gasteiger partial charge in [-0.25, -0.2) is 18.2 Å². The van der Waals surface area contributed by atoms with Gasteiger partial charge in [0.1, 0.15) is 23.1 Å².